The number of hydrogen-bond donors (Lipinski definition) is 0. The van der Waals surface area contributed by atoms with Crippen LogP contribution in [0.5, 0.6) is 0 Å². The van der Waals surface area contributed by atoms with E-state index >= 15 is 0 Å². The average molecular weight is 680 g/mol. The van der Waals surface area contributed by atoms with E-state index in [9.17, 15) is 0 Å². The fourth-order valence-electron chi connectivity index (χ4n) is 8.67. The second-order valence-electron chi connectivity index (χ2n) is 14.5. The van der Waals surface area contributed by atoms with E-state index in [1.165, 1.54) is 44.1 Å². The molecule has 1 aliphatic rings. The number of benzene rings is 7. The summed E-state index contributed by atoms with van der Waals surface area (Å²) in [5.74, 6) is 1.88. The molecule has 10 aromatic rings. The Labute approximate surface area is 306 Å². The molecule has 0 bridgehead atoms. The average Bonchev–Trinajstić information content (AvgIpc) is 3.81. The third kappa shape index (κ3) is 4.34. The van der Waals surface area contributed by atoms with Crippen LogP contribution in [-0.2, 0) is 5.41 Å². The largest absolute Gasteiger partial charge is 0.309 e. The first-order valence-electron chi connectivity index (χ1n) is 18.1. The second kappa shape index (κ2) is 11.1. The van der Waals surface area contributed by atoms with Crippen molar-refractivity contribution in [3.05, 3.63) is 175 Å². The van der Waals surface area contributed by atoms with Crippen molar-refractivity contribution in [2.75, 3.05) is 0 Å². The van der Waals surface area contributed by atoms with Gasteiger partial charge in [0.1, 0.15) is 0 Å². The number of para-hydroxylation sites is 3. The molecule has 0 atom stereocenters. The monoisotopic (exact) mass is 679 g/mol. The molecule has 0 saturated carbocycles. The summed E-state index contributed by atoms with van der Waals surface area (Å²) in [4.78, 5) is 15.6. The van der Waals surface area contributed by atoms with Gasteiger partial charge < -0.3 is 4.57 Å². The van der Waals surface area contributed by atoms with Gasteiger partial charge in [-0.15, -0.1) is 0 Å². The van der Waals surface area contributed by atoms with Crippen molar-refractivity contribution in [3.8, 4) is 45.5 Å². The van der Waals surface area contributed by atoms with Gasteiger partial charge in [0.25, 0.3) is 0 Å². The van der Waals surface area contributed by atoms with Gasteiger partial charge in [0, 0.05) is 43.8 Å². The minimum absolute atomic E-state index is 0.138. The van der Waals surface area contributed by atoms with Crippen LogP contribution in [0.3, 0.4) is 0 Å². The Kier molecular flexibility index (Phi) is 6.23. The van der Waals surface area contributed by atoms with Crippen LogP contribution < -0.4 is 0 Å². The summed E-state index contributed by atoms with van der Waals surface area (Å²) >= 11 is 0. The maximum Gasteiger partial charge on any atom is 0.238 e. The van der Waals surface area contributed by atoms with Crippen LogP contribution in [0.2, 0.25) is 0 Å². The predicted molar refractivity (Wildman–Crippen MR) is 217 cm³/mol. The molecule has 3 heterocycles. The van der Waals surface area contributed by atoms with Crippen molar-refractivity contribution in [3.63, 3.8) is 0 Å². The highest BCUT2D eigenvalue weighted by atomic mass is 15.2. The van der Waals surface area contributed by atoms with Crippen LogP contribution in [-0.4, -0.2) is 24.1 Å². The number of aromatic nitrogens is 5. The lowest BCUT2D eigenvalue weighted by molar-refractivity contribution is 0.660. The Morgan fingerprint density at radius 3 is 1.66 bits per heavy atom. The van der Waals surface area contributed by atoms with Crippen molar-refractivity contribution in [2.45, 2.75) is 19.3 Å². The quantitative estimate of drug-likeness (QED) is 0.186. The molecule has 0 spiro atoms. The minimum atomic E-state index is -0.138. The van der Waals surface area contributed by atoms with Crippen molar-refractivity contribution in [2.24, 2.45) is 0 Å². The van der Waals surface area contributed by atoms with Crippen molar-refractivity contribution >= 4 is 43.6 Å². The van der Waals surface area contributed by atoms with E-state index in [2.05, 4.69) is 169 Å². The zero-order valence-corrected chi connectivity index (χ0v) is 29.3. The highest BCUT2D eigenvalue weighted by Crippen LogP contribution is 2.49. The summed E-state index contributed by atoms with van der Waals surface area (Å²) in [6.45, 7) is 4.61. The number of rotatable bonds is 4. The number of nitrogens with zero attached hydrogens (tertiary/aromatic N) is 5. The molecule has 53 heavy (non-hydrogen) atoms. The highest BCUT2D eigenvalue weighted by molar-refractivity contribution is 6.12. The van der Waals surface area contributed by atoms with Gasteiger partial charge in [-0.1, -0.05) is 135 Å². The Bertz CT molecular complexity index is 3040. The highest BCUT2D eigenvalue weighted by Gasteiger charge is 2.35. The Morgan fingerprint density at radius 1 is 0.396 bits per heavy atom. The molecule has 0 radical (unpaired) electrons. The summed E-state index contributed by atoms with van der Waals surface area (Å²) in [5.41, 5.74) is 12.6. The van der Waals surface area contributed by atoms with E-state index in [1.807, 2.05) is 18.2 Å². The van der Waals surface area contributed by atoms with Crippen LogP contribution in [0.4, 0.5) is 0 Å². The van der Waals surface area contributed by atoms with E-state index in [0.717, 1.165) is 38.6 Å². The van der Waals surface area contributed by atoms with Gasteiger partial charge in [-0.25, -0.2) is 4.98 Å². The Balaban J connectivity index is 1.14. The molecule has 0 saturated heterocycles. The molecular formula is C48H33N5. The number of fused-ring (bicyclic) bond motifs is 9. The van der Waals surface area contributed by atoms with Crippen LogP contribution in [0.15, 0.2) is 164 Å². The maximum absolute atomic E-state index is 5.28. The van der Waals surface area contributed by atoms with Crippen molar-refractivity contribution in [1.82, 2.24) is 24.1 Å². The van der Waals surface area contributed by atoms with Gasteiger partial charge in [-0.05, 0) is 64.7 Å². The molecule has 5 heteroatoms. The summed E-state index contributed by atoms with van der Waals surface area (Å²) in [6, 6.07) is 58.2. The van der Waals surface area contributed by atoms with Gasteiger partial charge in [0.05, 0.1) is 22.1 Å². The molecule has 0 amide bonds. The van der Waals surface area contributed by atoms with Crippen LogP contribution >= 0.6 is 0 Å². The molecule has 5 nitrogen and oxygen atoms in total. The molecule has 0 N–H and O–H groups in total. The zero-order valence-electron chi connectivity index (χ0n) is 29.3. The van der Waals surface area contributed by atoms with Gasteiger partial charge in [-0.2, -0.15) is 9.97 Å². The topological polar surface area (TPSA) is 48.5 Å². The van der Waals surface area contributed by atoms with E-state index in [4.69, 9.17) is 15.0 Å². The summed E-state index contributed by atoms with van der Waals surface area (Å²) in [5, 5.41) is 4.77. The lowest BCUT2D eigenvalue weighted by atomic mass is 9.82. The maximum atomic E-state index is 5.28. The van der Waals surface area contributed by atoms with Crippen LogP contribution in [0.1, 0.15) is 25.0 Å². The summed E-state index contributed by atoms with van der Waals surface area (Å²) in [6.07, 6.45) is 0. The standard InChI is InChI=1S/C48H33N5/c1-48(2)39-20-10-6-16-33(39)34-26-24-31(28-40(34)48)46-49-45(30-14-4-3-5-15-30)50-47(51-46)53-43-23-13-9-19-37(43)38-29-32(25-27-44(38)53)52-41-21-11-7-17-35(41)36-18-8-12-22-42(36)52/h3-29H,1-2H3. The Morgan fingerprint density at radius 2 is 0.943 bits per heavy atom. The van der Waals surface area contributed by atoms with Crippen molar-refractivity contribution < 1.29 is 0 Å². The van der Waals surface area contributed by atoms with Gasteiger partial charge in [0.2, 0.25) is 5.95 Å². The molecular weight excluding hydrogens is 647 g/mol. The molecule has 0 aliphatic heterocycles. The first-order valence-corrected chi connectivity index (χ1v) is 18.1. The van der Waals surface area contributed by atoms with Gasteiger partial charge in [-0.3, -0.25) is 4.57 Å². The van der Waals surface area contributed by atoms with Crippen LogP contribution in [0, 0.1) is 0 Å². The minimum Gasteiger partial charge on any atom is -0.309 e. The fourth-order valence-corrected chi connectivity index (χ4v) is 8.67. The normalized spacial score (nSPS) is 13.2. The Hall–Kier alpha value is -6.85. The predicted octanol–water partition coefficient (Wildman–Crippen LogP) is 11.7. The van der Waals surface area contributed by atoms with E-state index < -0.39 is 0 Å². The number of hydrogen-bond acceptors (Lipinski definition) is 3. The van der Waals surface area contributed by atoms with Crippen molar-refractivity contribution in [1.29, 1.82) is 0 Å². The summed E-state index contributed by atoms with van der Waals surface area (Å²) in [7, 11) is 0. The van der Waals surface area contributed by atoms with E-state index in [-0.39, 0.29) is 5.41 Å². The first-order chi connectivity index (χ1) is 26.0. The van der Waals surface area contributed by atoms with Gasteiger partial charge >= 0.3 is 0 Å². The summed E-state index contributed by atoms with van der Waals surface area (Å²) < 4.78 is 4.57. The third-order valence-corrected chi connectivity index (χ3v) is 11.2. The fraction of sp³-hybridized carbons (Fsp3) is 0.0625. The molecule has 3 aromatic heterocycles. The smallest absolute Gasteiger partial charge is 0.238 e. The molecule has 0 fully saturated rings. The molecule has 250 valence electrons. The molecule has 7 aromatic carbocycles. The van der Waals surface area contributed by atoms with Crippen LogP contribution in [0.25, 0.3) is 89.2 Å². The third-order valence-electron chi connectivity index (χ3n) is 11.2. The molecule has 11 rings (SSSR count). The second-order valence-corrected chi connectivity index (χ2v) is 14.5. The first kappa shape index (κ1) is 29.8. The lowest BCUT2D eigenvalue weighted by Crippen LogP contribution is -2.15. The SMILES string of the molecule is CC1(C)c2ccccc2-c2ccc(-c3nc(-c4ccccc4)nc(-n4c5ccccc5c5cc(-n6c7ccccc7c7ccccc76)ccc54)n3)cc21. The van der Waals surface area contributed by atoms with E-state index in [0.29, 0.717) is 17.6 Å². The molecule has 1 aliphatic carbocycles. The lowest BCUT2D eigenvalue weighted by Gasteiger charge is -2.21. The van der Waals surface area contributed by atoms with Gasteiger partial charge in [0.15, 0.2) is 11.6 Å². The molecule has 0 unspecified atom stereocenters. The zero-order chi connectivity index (χ0) is 35.3. The van der Waals surface area contributed by atoms with E-state index in [1.54, 1.807) is 0 Å².